The van der Waals surface area contributed by atoms with Crippen molar-refractivity contribution in [2.75, 3.05) is 6.54 Å². The first kappa shape index (κ1) is 37.4. The largest absolute Gasteiger partial charge is 0.508 e. The summed E-state index contributed by atoms with van der Waals surface area (Å²) in [4.78, 5) is 64.9. The molecule has 0 saturated carbocycles. The third kappa shape index (κ3) is 11.3. The average molecular weight is 672 g/mol. The van der Waals surface area contributed by atoms with Crippen LogP contribution in [0, 0.1) is 0 Å². The average Bonchev–Trinajstić information content (AvgIpc) is 2.94. The maximum Gasteiger partial charge on any atom is 0.408 e. The number of alkyl carbamates (subject to hydrolysis) is 2. The second-order valence-corrected chi connectivity index (χ2v) is 13.6. The van der Waals surface area contributed by atoms with E-state index >= 15 is 0 Å². The number of hydrogen-bond acceptors (Lipinski definition) is 10. The Morgan fingerprint density at radius 1 is 0.854 bits per heavy atom. The monoisotopic (exact) mass is 671 g/mol. The van der Waals surface area contributed by atoms with E-state index in [4.69, 9.17) is 15.2 Å². The number of aliphatic hydroxyl groups excluding tert-OH is 1. The van der Waals surface area contributed by atoms with Gasteiger partial charge in [-0.3, -0.25) is 14.4 Å². The Bertz CT molecular complexity index is 1530. The predicted octanol–water partition coefficient (Wildman–Crippen LogP) is 1.49. The first-order valence-electron chi connectivity index (χ1n) is 15.4. The van der Waals surface area contributed by atoms with E-state index in [-0.39, 0.29) is 42.0 Å². The van der Waals surface area contributed by atoms with E-state index in [9.17, 15) is 39.3 Å². The number of fused-ring (bicyclic) bond motifs is 5. The van der Waals surface area contributed by atoms with Gasteiger partial charge in [0, 0.05) is 25.8 Å². The lowest BCUT2D eigenvalue weighted by atomic mass is 9.95. The fourth-order valence-corrected chi connectivity index (χ4v) is 4.83. The molecule has 5 amide bonds. The number of aliphatic hydroxyl groups is 1. The van der Waals surface area contributed by atoms with E-state index < -0.39 is 71.8 Å². The van der Waals surface area contributed by atoms with Gasteiger partial charge in [0.25, 0.3) is 0 Å². The zero-order valence-corrected chi connectivity index (χ0v) is 27.9. The molecule has 0 unspecified atom stereocenters. The molecule has 15 heteroatoms. The van der Waals surface area contributed by atoms with Crippen molar-refractivity contribution in [1.29, 1.82) is 0 Å². The highest BCUT2D eigenvalue weighted by Gasteiger charge is 2.33. The highest BCUT2D eigenvalue weighted by atomic mass is 16.6. The second-order valence-electron chi connectivity index (χ2n) is 13.6. The molecule has 2 aromatic rings. The van der Waals surface area contributed by atoms with E-state index in [2.05, 4.69) is 21.3 Å². The van der Waals surface area contributed by atoms with Gasteiger partial charge in [-0.15, -0.1) is 0 Å². The van der Waals surface area contributed by atoms with Gasteiger partial charge in [-0.05, 0) is 88.1 Å². The van der Waals surface area contributed by atoms with Crippen LogP contribution in [0.3, 0.4) is 0 Å². The van der Waals surface area contributed by atoms with Gasteiger partial charge in [-0.2, -0.15) is 0 Å². The van der Waals surface area contributed by atoms with Crippen molar-refractivity contribution in [1.82, 2.24) is 21.3 Å². The summed E-state index contributed by atoms with van der Waals surface area (Å²) in [6.07, 6.45) is -4.11. The van der Waals surface area contributed by atoms with Gasteiger partial charge >= 0.3 is 12.2 Å². The highest BCUT2D eigenvalue weighted by molar-refractivity contribution is 5.94. The quantitative estimate of drug-likeness (QED) is 0.220. The molecule has 262 valence electrons. The molecule has 2 aromatic carbocycles. The normalized spacial score (nSPS) is 19.4. The van der Waals surface area contributed by atoms with Crippen LogP contribution in [0.2, 0.25) is 0 Å². The summed E-state index contributed by atoms with van der Waals surface area (Å²) < 4.78 is 10.5. The zero-order valence-electron chi connectivity index (χ0n) is 27.9. The summed E-state index contributed by atoms with van der Waals surface area (Å²) in [6, 6.07) is 4.94. The second kappa shape index (κ2) is 15.2. The van der Waals surface area contributed by atoms with E-state index in [0.717, 1.165) is 0 Å². The number of ether oxygens (including phenoxy) is 2. The maximum absolute atomic E-state index is 13.8. The van der Waals surface area contributed by atoms with Crippen molar-refractivity contribution in [2.24, 2.45) is 5.73 Å². The molecule has 0 radical (unpaired) electrons. The van der Waals surface area contributed by atoms with Crippen molar-refractivity contribution in [3.8, 4) is 22.6 Å². The lowest BCUT2D eigenvalue weighted by Gasteiger charge is -2.27. The van der Waals surface area contributed by atoms with Crippen LogP contribution >= 0.6 is 0 Å². The van der Waals surface area contributed by atoms with Crippen molar-refractivity contribution in [3.05, 3.63) is 47.5 Å². The molecule has 4 bridgehead atoms. The minimum absolute atomic E-state index is 0.169. The van der Waals surface area contributed by atoms with Crippen LogP contribution in [0.4, 0.5) is 9.59 Å². The molecular weight excluding hydrogens is 626 g/mol. The number of amides is 5. The number of benzene rings is 2. The van der Waals surface area contributed by atoms with Crippen molar-refractivity contribution < 1.29 is 48.8 Å². The van der Waals surface area contributed by atoms with Crippen LogP contribution < -0.4 is 27.0 Å². The molecule has 1 aliphatic heterocycles. The number of phenolic OH excluding ortho intramolecular Hbond substituents is 2. The van der Waals surface area contributed by atoms with Crippen molar-refractivity contribution >= 4 is 29.9 Å². The highest BCUT2D eigenvalue weighted by Crippen LogP contribution is 2.31. The Morgan fingerprint density at radius 2 is 1.38 bits per heavy atom. The number of carbonyl (C=O) groups is 5. The molecule has 0 aliphatic carbocycles. The molecular formula is C33H45N5O10. The molecule has 0 aromatic heterocycles. The van der Waals surface area contributed by atoms with E-state index in [1.165, 1.54) is 12.1 Å². The summed E-state index contributed by atoms with van der Waals surface area (Å²) in [6.45, 7) is 9.49. The summed E-state index contributed by atoms with van der Waals surface area (Å²) in [5.41, 5.74) is 5.57. The van der Waals surface area contributed by atoms with Gasteiger partial charge in [0.2, 0.25) is 17.7 Å². The topological polar surface area (TPSA) is 239 Å². The van der Waals surface area contributed by atoms with Crippen LogP contribution in [0.25, 0.3) is 11.1 Å². The number of primary amides is 1. The van der Waals surface area contributed by atoms with E-state index in [0.29, 0.717) is 11.1 Å². The summed E-state index contributed by atoms with van der Waals surface area (Å²) in [5.74, 6) is -3.10. The summed E-state index contributed by atoms with van der Waals surface area (Å²) in [7, 11) is 0. The first-order valence-corrected chi connectivity index (χ1v) is 15.4. The molecule has 1 aliphatic rings. The standard InChI is InChI=1S/C33H45N5O10/c1-32(2,3)47-30(45)35-16-21(39)15-24-29(44)36-22(27(34)42)13-19-11-17(7-9-25(19)40)18-8-10-26(41)20(12-18)14-23(28(43)37-24)38-31(46)48-33(4,5)6/h7-12,21-24,39-41H,13-16H2,1-6H3,(H2,34,42)(H,35,45)(H,36,44)(H,37,43)(H,38,46)/t21-,22+,23+,24+/m1/s1. The van der Waals surface area contributed by atoms with Crippen LogP contribution in [0.5, 0.6) is 11.5 Å². The fraction of sp³-hybridized carbons (Fsp3) is 0.485. The van der Waals surface area contributed by atoms with Gasteiger partial charge in [-0.1, -0.05) is 12.1 Å². The molecule has 15 nitrogen and oxygen atoms in total. The number of aromatic hydroxyl groups is 2. The Labute approximate surface area is 278 Å². The number of phenols is 2. The molecule has 0 fully saturated rings. The van der Waals surface area contributed by atoms with Gasteiger partial charge in [0.1, 0.15) is 40.8 Å². The molecule has 4 atom stereocenters. The van der Waals surface area contributed by atoms with Crippen LogP contribution in [0.1, 0.15) is 59.1 Å². The SMILES string of the molecule is CC(C)(C)OC(=O)NC[C@H](O)C[C@@H]1NC(=O)[C@@H](NC(=O)OC(C)(C)C)Cc2cc(ccc2O)-c2ccc(O)c(c2)C[C@@H](C(N)=O)NC1=O. The van der Waals surface area contributed by atoms with Crippen LogP contribution in [-0.2, 0) is 36.7 Å². The number of nitrogens with one attached hydrogen (secondary N) is 4. The van der Waals surface area contributed by atoms with Crippen LogP contribution in [-0.4, -0.2) is 87.2 Å². The Hall–Kier alpha value is -5.05. The minimum atomic E-state index is -1.53. The lowest BCUT2D eigenvalue weighted by Crippen LogP contribution is -2.58. The van der Waals surface area contributed by atoms with Crippen LogP contribution in [0.15, 0.2) is 36.4 Å². The lowest BCUT2D eigenvalue weighted by molar-refractivity contribution is -0.132. The fourth-order valence-electron chi connectivity index (χ4n) is 4.83. The van der Waals surface area contributed by atoms with Gasteiger partial charge in [0.05, 0.1) is 6.10 Å². The zero-order chi connectivity index (χ0) is 36.0. The van der Waals surface area contributed by atoms with E-state index in [1.54, 1.807) is 65.8 Å². The van der Waals surface area contributed by atoms with E-state index in [1.807, 2.05) is 0 Å². The Kier molecular flexibility index (Phi) is 11.9. The predicted molar refractivity (Wildman–Crippen MR) is 174 cm³/mol. The summed E-state index contributed by atoms with van der Waals surface area (Å²) in [5, 5.41) is 42.0. The molecule has 3 rings (SSSR count). The smallest absolute Gasteiger partial charge is 0.408 e. The first-order chi connectivity index (χ1) is 22.2. The molecule has 48 heavy (non-hydrogen) atoms. The maximum atomic E-state index is 13.8. The van der Waals surface area contributed by atoms with Gasteiger partial charge in [0.15, 0.2) is 0 Å². The number of hydrogen-bond donors (Lipinski definition) is 8. The number of rotatable bonds is 6. The molecule has 0 spiro atoms. The Morgan fingerprint density at radius 3 is 1.90 bits per heavy atom. The van der Waals surface area contributed by atoms with Crippen molar-refractivity contribution in [2.45, 2.75) is 96.2 Å². The molecule has 1 heterocycles. The molecule has 9 N–H and O–H groups in total. The summed E-state index contributed by atoms with van der Waals surface area (Å²) >= 11 is 0. The third-order valence-electron chi connectivity index (χ3n) is 7.03. The van der Waals surface area contributed by atoms with Crippen molar-refractivity contribution in [3.63, 3.8) is 0 Å². The molecule has 0 saturated heterocycles. The third-order valence-corrected chi connectivity index (χ3v) is 7.03. The van der Waals surface area contributed by atoms with Gasteiger partial charge in [-0.25, -0.2) is 9.59 Å². The minimum Gasteiger partial charge on any atom is -0.508 e. The number of nitrogens with two attached hydrogens (primary N) is 1. The van der Waals surface area contributed by atoms with Gasteiger partial charge < -0.3 is 51.8 Å². The Balaban J connectivity index is 2.05. The number of carbonyl (C=O) groups excluding carboxylic acids is 5.